The summed E-state index contributed by atoms with van der Waals surface area (Å²) in [5.74, 6) is -1.31. The van der Waals surface area contributed by atoms with Gasteiger partial charge in [0.25, 0.3) is 5.91 Å². The second-order valence-electron chi connectivity index (χ2n) is 5.11. The Balaban J connectivity index is 2.26. The Morgan fingerprint density at radius 1 is 1.32 bits per heavy atom. The van der Waals surface area contributed by atoms with E-state index >= 15 is 0 Å². The molecule has 0 aliphatic heterocycles. The van der Waals surface area contributed by atoms with Gasteiger partial charge in [0.2, 0.25) is 0 Å². The van der Waals surface area contributed by atoms with Crippen molar-refractivity contribution in [1.29, 1.82) is 0 Å². The molecule has 6 heteroatoms. The summed E-state index contributed by atoms with van der Waals surface area (Å²) < 4.78 is 1.82. The number of nitrogens with one attached hydrogen (secondary N) is 1. The Morgan fingerprint density at radius 3 is 2.68 bits per heavy atom. The van der Waals surface area contributed by atoms with Gasteiger partial charge in [0.05, 0.1) is 16.8 Å². The first-order valence-electron chi connectivity index (χ1n) is 7.12. The molecule has 1 amide bonds. The zero-order valence-corrected chi connectivity index (χ0v) is 12.9. The van der Waals surface area contributed by atoms with Crippen molar-refractivity contribution in [3.05, 3.63) is 46.8 Å². The highest BCUT2D eigenvalue weighted by molar-refractivity contribution is 6.06. The minimum absolute atomic E-state index is 0.132. The van der Waals surface area contributed by atoms with E-state index in [4.69, 9.17) is 5.11 Å². The summed E-state index contributed by atoms with van der Waals surface area (Å²) in [6, 6.07) is 6.17. The maximum Gasteiger partial charge on any atom is 0.335 e. The number of aromatic carboxylic acids is 1. The van der Waals surface area contributed by atoms with Crippen LogP contribution in [0.2, 0.25) is 0 Å². The fraction of sp³-hybridized carbons (Fsp3) is 0.312. The number of nitrogens with zero attached hydrogens (tertiary/aromatic N) is 2. The number of aryl methyl sites for hydroxylation is 2. The van der Waals surface area contributed by atoms with Gasteiger partial charge < -0.3 is 10.4 Å². The molecule has 0 atom stereocenters. The predicted octanol–water partition coefficient (Wildman–Crippen LogP) is 2.86. The number of carboxylic acids is 1. The zero-order chi connectivity index (χ0) is 16.3. The molecule has 0 saturated carbocycles. The van der Waals surface area contributed by atoms with Crippen molar-refractivity contribution in [3.8, 4) is 0 Å². The molecule has 116 valence electrons. The van der Waals surface area contributed by atoms with Crippen molar-refractivity contribution >= 4 is 17.6 Å². The van der Waals surface area contributed by atoms with Gasteiger partial charge in [0.1, 0.15) is 0 Å². The van der Waals surface area contributed by atoms with Gasteiger partial charge in [0.15, 0.2) is 0 Å². The number of aromatic nitrogens is 2. The highest BCUT2D eigenvalue weighted by Crippen LogP contribution is 2.17. The van der Waals surface area contributed by atoms with Crippen LogP contribution in [0, 0.1) is 13.8 Å². The molecule has 0 saturated heterocycles. The monoisotopic (exact) mass is 301 g/mol. The van der Waals surface area contributed by atoms with E-state index in [0.717, 1.165) is 18.7 Å². The Hall–Kier alpha value is -2.63. The third kappa shape index (κ3) is 3.16. The molecule has 2 rings (SSSR count). The number of rotatable bonds is 5. The number of hydrogen-bond acceptors (Lipinski definition) is 3. The number of amides is 1. The Kier molecular flexibility index (Phi) is 4.60. The molecule has 2 N–H and O–H groups in total. The van der Waals surface area contributed by atoms with Crippen molar-refractivity contribution < 1.29 is 14.7 Å². The highest BCUT2D eigenvalue weighted by atomic mass is 16.4. The topological polar surface area (TPSA) is 84.2 Å². The molecule has 0 aliphatic carbocycles. The van der Waals surface area contributed by atoms with Crippen LogP contribution in [-0.4, -0.2) is 26.8 Å². The number of carbonyl (C=O) groups is 2. The summed E-state index contributed by atoms with van der Waals surface area (Å²) in [5, 5.41) is 16.1. The molecule has 0 unspecified atom stereocenters. The van der Waals surface area contributed by atoms with Crippen LogP contribution in [0.4, 0.5) is 5.69 Å². The standard InChI is InChI=1S/C16H19N3O3/c1-4-8-19-11(3)14(10(2)18-19)15(20)17-13-7-5-6-12(9-13)16(21)22/h5-7,9H,4,8H2,1-3H3,(H,17,20)(H,21,22). The van der Waals surface area contributed by atoms with Gasteiger partial charge in [-0.3, -0.25) is 9.48 Å². The molecule has 0 aliphatic rings. The molecule has 1 aromatic carbocycles. The summed E-state index contributed by atoms with van der Waals surface area (Å²) in [7, 11) is 0. The molecule has 1 heterocycles. The van der Waals surface area contributed by atoms with Crippen LogP contribution in [0.5, 0.6) is 0 Å². The van der Waals surface area contributed by atoms with Crippen LogP contribution < -0.4 is 5.32 Å². The molecule has 0 spiro atoms. The largest absolute Gasteiger partial charge is 0.478 e. The fourth-order valence-electron chi connectivity index (χ4n) is 2.38. The van der Waals surface area contributed by atoms with Crippen molar-refractivity contribution in [3.63, 3.8) is 0 Å². The number of carbonyl (C=O) groups excluding carboxylic acids is 1. The molecular formula is C16H19N3O3. The summed E-state index contributed by atoms with van der Waals surface area (Å²) in [6.07, 6.45) is 0.934. The smallest absolute Gasteiger partial charge is 0.335 e. The van der Waals surface area contributed by atoms with E-state index in [1.54, 1.807) is 19.1 Å². The lowest BCUT2D eigenvalue weighted by Crippen LogP contribution is -2.14. The van der Waals surface area contributed by atoms with E-state index in [9.17, 15) is 9.59 Å². The lowest BCUT2D eigenvalue weighted by Gasteiger charge is -2.07. The Bertz CT molecular complexity index is 719. The molecule has 0 bridgehead atoms. The van der Waals surface area contributed by atoms with Crippen molar-refractivity contribution in [1.82, 2.24) is 9.78 Å². The molecule has 0 radical (unpaired) electrons. The van der Waals surface area contributed by atoms with Gasteiger partial charge in [-0.1, -0.05) is 13.0 Å². The van der Waals surface area contributed by atoms with Crippen molar-refractivity contribution in [2.24, 2.45) is 0 Å². The van der Waals surface area contributed by atoms with Crippen LogP contribution in [0.25, 0.3) is 0 Å². The first kappa shape index (κ1) is 15.8. The maximum absolute atomic E-state index is 12.4. The van der Waals surface area contributed by atoms with E-state index in [2.05, 4.69) is 10.4 Å². The van der Waals surface area contributed by atoms with Gasteiger partial charge in [-0.05, 0) is 38.5 Å². The molecule has 22 heavy (non-hydrogen) atoms. The van der Waals surface area contributed by atoms with Crippen LogP contribution in [0.3, 0.4) is 0 Å². The highest BCUT2D eigenvalue weighted by Gasteiger charge is 2.18. The number of benzene rings is 1. The van der Waals surface area contributed by atoms with Gasteiger partial charge in [0, 0.05) is 17.9 Å². The van der Waals surface area contributed by atoms with E-state index in [1.165, 1.54) is 12.1 Å². The number of carboxylic acid groups (broad SMARTS) is 1. The second kappa shape index (κ2) is 6.43. The minimum Gasteiger partial charge on any atom is -0.478 e. The molecule has 6 nitrogen and oxygen atoms in total. The third-order valence-corrected chi connectivity index (χ3v) is 3.41. The van der Waals surface area contributed by atoms with E-state index in [0.29, 0.717) is 16.9 Å². The van der Waals surface area contributed by atoms with E-state index in [-0.39, 0.29) is 11.5 Å². The first-order valence-corrected chi connectivity index (χ1v) is 7.12. The first-order chi connectivity index (χ1) is 10.4. The van der Waals surface area contributed by atoms with E-state index in [1.807, 2.05) is 18.5 Å². The Labute approximate surface area is 128 Å². The molecular weight excluding hydrogens is 282 g/mol. The second-order valence-corrected chi connectivity index (χ2v) is 5.11. The zero-order valence-electron chi connectivity index (χ0n) is 12.9. The van der Waals surface area contributed by atoms with Crippen LogP contribution in [0.15, 0.2) is 24.3 Å². The number of anilines is 1. The summed E-state index contributed by atoms with van der Waals surface area (Å²) in [5.41, 5.74) is 2.60. The van der Waals surface area contributed by atoms with Crippen LogP contribution >= 0.6 is 0 Å². The van der Waals surface area contributed by atoms with Crippen LogP contribution in [-0.2, 0) is 6.54 Å². The summed E-state index contributed by atoms with van der Waals surface area (Å²) in [6.45, 7) is 6.46. The van der Waals surface area contributed by atoms with Crippen molar-refractivity contribution in [2.75, 3.05) is 5.32 Å². The minimum atomic E-state index is -1.03. The quantitative estimate of drug-likeness (QED) is 0.889. The predicted molar refractivity (Wildman–Crippen MR) is 83.3 cm³/mol. The lowest BCUT2D eigenvalue weighted by molar-refractivity contribution is 0.0696. The Morgan fingerprint density at radius 2 is 2.05 bits per heavy atom. The molecule has 2 aromatic rings. The summed E-state index contributed by atoms with van der Waals surface area (Å²) >= 11 is 0. The molecule has 0 fully saturated rings. The van der Waals surface area contributed by atoms with Crippen molar-refractivity contribution in [2.45, 2.75) is 33.7 Å². The average Bonchev–Trinajstić information content (AvgIpc) is 2.74. The van der Waals surface area contributed by atoms with Gasteiger partial charge in [-0.15, -0.1) is 0 Å². The van der Waals surface area contributed by atoms with Gasteiger partial charge in [-0.25, -0.2) is 4.79 Å². The van der Waals surface area contributed by atoms with Gasteiger partial charge >= 0.3 is 5.97 Å². The van der Waals surface area contributed by atoms with Gasteiger partial charge in [-0.2, -0.15) is 5.10 Å². The third-order valence-electron chi connectivity index (χ3n) is 3.41. The van der Waals surface area contributed by atoms with Crippen LogP contribution in [0.1, 0.15) is 45.4 Å². The average molecular weight is 301 g/mol. The lowest BCUT2D eigenvalue weighted by atomic mass is 10.1. The molecule has 1 aromatic heterocycles. The maximum atomic E-state index is 12.4. The SMILES string of the molecule is CCCn1nc(C)c(C(=O)Nc2cccc(C(=O)O)c2)c1C. The summed E-state index contributed by atoms with van der Waals surface area (Å²) in [4.78, 5) is 23.4. The normalized spacial score (nSPS) is 10.5. The fourth-order valence-corrected chi connectivity index (χ4v) is 2.38. The van der Waals surface area contributed by atoms with E-state index < -0.39 is 5.97 Å². The number of hydrogen-bond donors (Lipinski definition) is 2.